The first-order valence-electron chi connectivity index (χ1n) is 22.9. The number of nitrogens with one attached hydrogen (secondary N) is 3. The molecule has 2 unspecified atom stereocenters. The van der Waals surface area contributed by atoms with Gasteiger partial charge in [-0.3, -0.25) is 14.4 Å². The Kier molecular flexibility index (Phi) is 19.6. The second-order valence-corrected chi connectivity index (χ2v) is 22.8. The molecule has 1 aliphatic carbocycles. The van der Waals surface area contributed by atoms with Gasteiger partial charge in [0.1, 0.15) is 0 Å². The van der Waals surface area contributed by atoms with Gasteiger partial charge in [-0.25, -0.2) is 9.59 Å². The Labute approximate surface area is 401 Å². The van der Waals surface area contributed by atoms with E-state index in [-0.39, 0.29) is 68.1 Å². The van der Waals surface area contributed by atoms with Crippen LogP contribution in [-0.2, 0) is 30.4 Å². The number of fused-ring (bicyclic) bond motifs is 5. The number of allylic oxidation sites excluding steroid dienone is 2. The van der Waals surface area contributed by atoms with E-state index in [1.54, 1.807) is 48.1 Å². The molecule has 0 spiro atoms. The summed E-state index contributed by atoms with van der Waals surface area (Å²) in [6.07, 6.45) is 3.85. The van der Waals surface area contributed by atoms with E-state index in [0.29, 0.717) is 78.4 Å². The predicted molar refractivity (Wildman–Crippen MR) is 267 cm³/mol. The molecule has 2 aromatic rings. The number of urea groups is 2. The minimum Gasteiger partial charge on any atom is -0.375 e. The molecular weight excluding hydrogens is 903 g/mol. The lowest BCUT2D eigenvalue weighted by Gasteiger charge is -2.33. The van der Waals surface area contributed by atoms with Crippen LogP contribution in [0.5, 0.6) is 0 Å². The zero-order valence-electron chi connectivity index (χ0n) is 38.4. The highest BCUT2D eigenvalue weighted by Crippen LogP contribution is 2.51. The summed E-state index contributed by atoms with van der Waals surface area (Å²) in [5.41, 5.74) is 4.31. The number of carbonyl (C=O) groups excluding carboxylic acids is 5. The topological polar surface area (TPSA) is 153 Å². The largest absolute Gasteiger partial charge is 0.375 e. The third-order valence-electron chi connectivity index (χ3n) is 12.2. The summed E-state index contributed by atoms with van der Waals surface area (Å²) < 4.78 is 12.6. The van der Waals surface area contributed by atoms with Crippen LogP contribution < -0.4 is 20.9 Å². The molecular formula is C47H67N7O7S4. The van der Waals surface area contributed by atoms with Gasteiger partial charge >= 0.3 is 12.1 Å². The summed E-state index contributed by atoms with van der Waals surface area (Å²) in [6, 6.07) is 16.1. The third-order valence-corrected chi connectivity index (χ3v) is 16.9. The number of anilines is 1. The van der Waals surface area contributed by atoms with E-state index in [1.807, 2.05) is 72.7 Å². The van der Waals surface area contributed by atoms with Crippen molar-refractivity contribution in [2.45, 2.75) is 83.5 Å². The molecule has 65 heavy (non-hydrogen) atoms. The minimum absolute atomic E-state index is 0.0425. The second kappa shape index (κ2) is 25.0. The van der Waals surface area contributed by atoms with Crippen molar-refractivity contribution in [3.63, 3.8) is 0 Å². The van der Waals surface area contributed by atoms with Gasteiger partial charge < -0.3 is 45.0 Å². The maximum atomic E-state index is 14.0. The molecule has 0 bridgehead atoms. The quantitative estimate of drug-likeness (QED) is 0.118. The molecule has 18 heteroatoms. The normalized spacial score (nSPS) is 18.2. The van der Waals surface area contributed by atoms with Crippen molar-refractivity contribution >= 4 is 84.2 Å². The number of para-hydroxylation sites is 1. The Morgan fingerprint density at radius 1 is 0.738 bits per heavy atom. The van der Waals surface area contributed by atoms with E-state index in [4.69, 9.17) is 9.47 Å². The first kappa shape index (κ1) is 50.9. The monoisotopic (exact) mass is 969 g/mol. The van der Waals surface area contributed by atoms with E-state index in [2.05, 4.69) is 40.2 Å². The van der Waals surface area contributed by atoms with E-state index >= 15 is 0 Å². The van der Waals surface area contributed by atoms with Gasteiger partial charge in [0.2, 0.25) is 17.7 Å². The molecule has 2 atom stereocenters. The van der Waals surface area contributed by atoms with Gasteiger partial charge in [0, 0.05) is 106 Å². The summed E-state index contributed by atoms with van der Waals surface area (Å²) in [5.74, 6) is 3.39. The summed E-state index contributed by atoms with van der Waals surface area (Å²) in [6.45, 7) is 13.0. The average molecular weight is 970 g/mol. The lowest BCUT2D eigenvalue weighted by atomic mass is 9.95. The van der Waals surface area contributed by atoms with E-state index < -0.39 is 11.2 Å². The molecule has 2 fully saturated rings. The fourth-order valence-corrected chi connectivity index (χ4v) is 11.9. The number of ether oxygens (including phenoxy) is 2. The van der Waals surface area contributed by atoms with Crippen molar-refractivity contribution in [3.8, 4) is 0 Å². The van der Waals surface area contributed by atoms with Gasteiger partial charge in [0.05, 0.1) is 37.4 Å². The van der Waals surface area contributed by atoms with Crippen LogP contribution in [0.1, 0.15) is 82.4 Å². The highest BCUT2D eigenvalue weighted by Gasteiger charge is 2.36. The molecule has 3 N–H and O–H groups in total. The van der Waals surface area contributed by atoms with Crippen LogP contribution in [0.3, 0.4) is 0 Å². The summed E-state index contributed by atoms with van der Waals surface area (Å²) >= 11 is 0. The first-order chi connectivity index (χ1) is 31.4. The van der Waals surface area contributed by atoms with E-state index in [0.717, 1.165) is 39.8 Å². The second-order valence-electron chi connectivity index (χ2n) is 17.4. The van der Waals surface area contributed by atoms with Crippen LogP contribution in [0.15, 0.2) is 54.6 Å². The Morgan fingerprint density at radius 3 is 1.97 bits per heavy atom. The lowest BCUT2D eigenvalue weighted by molar-refractivity contribution is -0.140. The Balaban J connectivity index is 0.921. The highest BCUT2D eigenvalue weighted by molar-refractivity contribution is 8.77. The lowest BCUT2D eigenvalue weighted by Crippen LogP contribution is -2.49. The van der Waals surface area contributed by atoms with Crippen LogP contribution in [-0.4, -0.2) is 151 Å². The number of amides is 7. The van der Waals surface area contributed by atoms with Crippen molar-refractivity contribution in [1.29, 1.82) is 0 Å². The number of rotatable bonds is 20. The van der Waals surface area contributed by atoms with Crippen molar-refractivity contribution in [3.05, 3.63) is 71.3 Å². The standard InChI is InChI=1S/C47H67N7O7S4/c1-5-47(4,33-43(57)51(20-18-49-44(58)52-22-28-62-63-29-23-52)21-19-50-45(59)53-24-30-64-65-31-25-53)61-27-16-46(2,3)60-26-15-41(55)48-17-14-42(56)54-34-35-10-6-7-11-36(35)38-32-39(38)37-12-8-9-13-40(37)54/h6-13,32,39H,5,14-31,33-34H2,1-4H3,(H,48,55)(H,49,58)(H,50,59). The van der Waals surface area contributed by atoms with Gasteiger partial charge in [-0.2, -0.15) is 0 Å². The van der Waals surface area contributed by atoms with Gasteiger partial charge in [-0.15, -0.1) is 0 Å². The molecule has 7 amide bonds. The zero-order valence-corrected chi connectivity index (χ0v) is 41.7. The maximum absolute atomic E-state index is 14.0. The number of nitrogens with zero attached hydrogens (tertiary/aromatic N) is 4. The summed E-state index contributed by atoms with van der Waals surface area (Å²) in [4.78, 5) is 73.6. The van der Waals surface area contributed by atoms with E-state index in [9.17, 15) is 24.0 Å². The molecule has 0 aromatic heterocycles. The van der Waals surface area contributed by atoms with Gasteiger partial charge in [-0.05, 0) is 61.9 Å². The Bertz CT molecular complexity index is 1940. The molecule has 2 saturated heterocycles. The van der Waals surface area contributed by atoms with Crippen LogP contribution in [0.25, 0.3) is 5.57 Å². The van der Waals surface area contributed by atoms with Crippen LogP contribution >= 0.6 is 43.2 Å². The van der Waals surface area contributed by atoms with Gasteiger partial charge in [0.15, 0.2) is 0 Å². The molecule has 14 nitrogen and oxygen atoms in total. The molecule has 0 saturated carbocycles. The molecule has 356 valence electrons. The Hall–Kier alpha value is -3.55. The number of carbonyl (C=O) groups is 5. The molecule has 2 aromatic carbocycles. The van der Waals surface area contributed by atoms with Crippen LogP contribution in [0.2, 0.25) is 0 Å². The number of hydrogen-bond acceptors (Lipinski definition) is 11. The van der Waals surface area contributed by atoms with Gasteiger partial charge in [0.25, 0.3) is 0 Å². The van der Waals surface area contributed by atoms with Crippen molar-refractivity contribution < 1.29 is 33.4 Å². The molecule has 0 radical (unpaired) electrons. The van der Waals surface area contributed by atoms with Crippen molar-refractivity contribution in [2.24, 2.45) is 0 Å². The SMILES string of the molecule is CCC(C)(CC(=O)N(CCNC(=O)N1CCSSCC1)CCNC(=O)N1CCSSCC1)OCCC(C)(C)OCCC(=O)NCCC(=O)N1Cc2ccccc2C2=CC2c2ccccc21. The molecule has 4 aliphatic rings. The highest BCUT2D eigenvalue weighted by atomic mass is 33.1. The fraction of sp³-hybridized carbons (Fsp3) is 0.596. The third kappa shape index (κ3) is 15.5. The number of hydrogen-bond donors (Lipinski definition) is 3. The maximum Gasteiger partial charge on any atom is 0.317 e. The first-order valence-corrected chi connectivity index (χ1v) is 27.9. The predicted octanol–water partition coefficient (Wildman–Crippen LogP) is 7.01. The van der Waals surface area contributed by atoms with Crippen molar-refractivity contribution in [2.75, 3.05) is 100 Å². The van der Waals surface area contributed by atoms with E-state index in [1.165, 1.54) is 11.1 Å². The molecule has 3 heterocycles. The summed E-state index contributed by atoms with van der Waals surface area (Å²) in [7, 11) is 7.09. The van der Waals surface area contributed by atoms with Gasteiger partial charge in [-0.1, -0.05) is 98.6 Å². The van der Waals surface area contributed by atoms with Crippen molar-refractivity contribution in [1.82, 2.24) is 30.7 Å². The minimum atomic E-state index is -0.756. The summed E-state index contributed by atoms with van der Waals surface area (Å²) in [5, 5.41) is 8.91. The average Bonchev–Trinajstić information content (AvgIpc) is 4.14. The smallest absolute Gasteiger partial charge is 0.317 e. The van der Waals surface area contributed by atoms with Crippen LogP contribution in [0.4, 0.5) is 15.3 Å². The molecule has 6 rings (SSSR count). The fourth-order valence-electron chi connectivity index (χ4n) is 7.97. The number of benzene rings is 2. The zero-order chi connectivity index (χ0) is 46.2. The Morgan fingerprint density at radius 2 is 1.34 bits per heavy atom. The molecule has 3 aliphatic heterocycles. The van der Waals surface area contributed by atoms with Crippen LogP contribution in [0, 0.1) is 0 Å².